The van der Waals surface area contributed by atoms with E-state index >= 15 is 0 Å². The van der Waals surface area contributed by atoms with Crippen LogP contribution in [0.1, 0.15) is 25.3 Å². The van der Waals surface area contributed by atoms with Crippen LogP contribution in [0.4, 0.5) is 5.69 Å². The van der Waals surface area contributed by atoms with E-state index in [0.717, 1.165) is 12.2 Å². The van der Waals surface area contributed by atoms with Gasteiger partial charge >= 0.3 is 0 Å². The summed E-state index contributed by atoms with van der Waals surface area (Å²) >= 11 is 6.12. The molecule has 1 aliphatic heterocycles. The lowest BCUT2D eigenvalue weighted by molar-refractivity contribution is 0.229. The maximum Gasteiger partial charge on any atom is 0.152 e. The van der Waals surface area contributed by atoms with Crippen LogP contribution in [0.15, 0.2) is 12.3 Å². The van der Waals surface area contributed by atoms with Crippen molar-refractivity contribution in [3.8, 4) is 0 Å². The zero-order valence-electron chi connectivity index (χ0n) is 10.5. The molecule has 0 spiro atoms. The fourth-order valence-electron chi connectivity index (χ4n) is 2.30. The average molecular weight is 254 g/mol. The van der Waals surface area contributed by atoms with E-state index in [4.69, 9.17) is 11.6 Å². The Labute approximate surface area is 108 Å². The van der Waals surface area contributed by atoms with Gasteiger partial charge in [0.1, 0.15) is 0 Å². The van der Waals surface area contributed by atoms with E-state index in [1.807, 2.05) is 6.07 Å². The molecule has 1 fully saturated rings. The van der Waals surface area contributed by atoms with Crippen molar-refractivity contribution in [1.29, 1.82) is 0 Å². The summed E-state index contributed by atoms with van der Waals surface area (Å²) in [6.07, 6.45) is 4.11. The van der Waals surface area contributed by atoms with Gasteiger partial charge in [-0.3, -0.25) is 0 Å². The van der Waals surface area contributed by atoms with E-state index in [1.165, 1.54) is 31.5 Å². The molecular weight excluding hydrogens is 234 g/mol. The number of nitrogens with one attached hydrogen (secondary N) is 1. The lowest BCUT2D eigenvalue weighted by Crippen LogP contribution is -2.39. The van der Waals surface area contributed by atoms with Gasteiger partial charge in [0.05, 0.1) is 5.69 Å². The lowest BCUT2D eigenvalue weighted by Gasteiger charge is -2.32. The zero-order chi connectivity index (χ0) is 12.3. The molecule has 0 amide bonds. The predicted octanol–water partition coefficient (Wildman–Crippen LogP) is 2.94. The SMILES string of the molecule is CCN1CCC(Nc2c(C)ccnc2Cl)CC1. The van der Waals surface area contributed by atoms with E-state index in [2.05, 4.69) is 29.0 Å². The number of hydrogen-bond acceptors (Lipinski definition) is 3. The van der Waals surface area contributed by atoms with Gasteiger partial charge in [-0.05, 0) is 37.9 Å². The van der Waals surface area contributed by atoms with Crippen LogP contribution in [0.25, 0.3) is 0 Å². The first-order valence-electron chi connectivity index (χ1n) is 6.30. The second kappa shape index (κ2) is 5.69. The standard InChI is InChI=1S/C13H20ClN3/c1-3-17-8-5-11(6-9-17)16-12-10(2)4-7-15-13(12)14/h4,7,11,16H,3,5-6,8-9H2,1-2H3. The van der Waals surface area contributed by atoms with Crippen LogP contribution in [0, 0.1) is 6.92 Å². The molecule has 1 N–H and O–H groups in total. The Morgan fingerprint density at radius 1 is 1.47 bits per heavy atom. The first-order valence-corrected chi connectivity index (χ1v) is 6.68. The van der Waals surface area contributed by atoms with Crippen LogP contribution >= 0.6 is 11.6 Å². The Bertz CT molecular complexity index is 353. The van der Waals surface area contributed by atoms with Crippen molar-refractivity contribution in [1.82, 2.24) is 9.88 Å². The van der Waals surface area contributed by atoms with E-state index in [0.29, 0.717) is 11.2 Å². The third-order valence-corrected chi connectivity index (χ3v) is 3.78. The lowest BCUT2D eigenvalue weighted by atomic mass is 10.0. The fourth-order valence-corrected chi connectivity index (χ4v) is 2.56. The van der Waals surface area contributed by atoms with Gasteiger partial charge in [-0.25, -0.2) is 4.98 Å². The first kappa shape index (κ1) is 12.7. The summed E-state index contributed by atoms with van der Waals surface area (Å²) in [6.45, 7) is 7.78. The Balaban J connectivity index is 1.98. The maximum atomic E-state index is 6.12. The average Bonchev–Trinajstić information content (AvgIpc) is 2.35. The Morgan fingerprint density at radius 3 is 2.76 bits per heavy atom. The van der Waals surface area contributed by atoms with E-state index < -0.39 is 0 Å². The van der Waals surface area contributed by atoms with Crippen molar-refractivity contribution < 1.29 is 0 Å². The highest BCUT2D eigenvalue weighted by molar-refractivity contribution is 6.32. The molecule has 2 rings (SSSR count). The Morgan fingerprint density at radius 2 is 2.18 bits per heavy atom. The molecule has 2 heterocycles. The highest BCUT2D eigenvalue weighted by atomic mass is 35.5. The molecule has 0 aromatic carbocycles. The van der Waals surface area contributed by atoms with Crippen LogP contribution in [0.3, 0.4) is 0 Å². The highest BCUT2D eigenvalue weighted by Crippen LogP contribution is 2.25. The zero-order valence-corrected chi connectivity index (χ0v) is 11.3. The minimum absolute atomic E-state index is 0.526. The van der Waals surface area contributed by atoms with Crippen molar-refractivity contribution >= 4 is 17.3 Å². The van der Waals surface area contributed by atoms with Crippen LogP contribution in [0.2, 0.25) is 5.15 Å². The molecule has 1 saturated heterocycles. The van der Waals surface area contributed by atoms with Gasteiger partial charge in [-0.15, -0.1) is 0 Å². The van der Waals surface area contributed by atoms with Crippen molar-refractivity contribution in [3.05, 3.63) is 23.0 Å². The number of anilines is 1. The molecular formula is C13H20ClN3. The highest BCUT2D eigenvalue weighted by Gasteiger charge is 2.19. The number of aromatic nitrogens is 1. The molecule has 0 unspecified atom stereocenters. The molecule has 0 bridgehead atoms. The monoisotopic (exact) mass is 253 g/mol. The Hall–Kier alpha value is -0.800. The maximum absolute atomic E-state index is 6.12. The smallest absolute Gasteiger partial charge is 0.152 e. The largest absolute Gasteiger partial charge is 0.380 e. The molecule has 17 heavy (non-hydrogen) atoms. The molecule has 0 radical (unpaired) electrons. The third kappa shape index (κ3) is 3.11. The Kier molecular flexibility index (Phi) is 4.24. The fraction of sp³-hybridized carbons (Fsp3) is 0.615. The van der Waals surface area contributed by atoms with Crippen LogP contribution in [0.5, 0.6) is 0 Å². The molecule has 0 atom stereocenters. The molecule has 94 valence electrons. The summed E-state index contributed by atoms with van der Waals surface area (Å²) in [4.78, 5) is 6.61. The minimum Gasteiger partial charge on any atom is -0.380 e. The van der Waals surface area contributed by atoms with E-state index in [-0.39, 0.29) is 0 Å². The number of piperidine rings is 1. The molecule has 1 aliphatic rings. The van der Waals surface area contributed by atoms with Crippen molar-refractivity contribution in [2.75, 3.05) is 25.0 Å². The normalized spacial score (nSPS) is 18.3. The van der Waals surface area contributed by atoms with Gasteiger partial charge in [0.25, 0.3) is 0 Å². The second-order valence-corrected chi connectivity index (χ2v) is 5.00. The molecule has 0 aliphatic carbocycles. The summed E-state index contributed by atoms with van der Waals surface area (Å²) in [5.74, 6) is 0. The number of pyridine rings is 1. The number of likely N-dealkylation sites (tertiary alicyclic amines) is 1. The quantitative estimate of drug-likeness (QED) is 0.840. The summed E-state index contributed by atoms with van der Waals surface area (Å²) in [5.41, 5.74) is 2.17. The van der Waals surface area contributed by atoms with E-state index in [9.17, 15) is 0 Å². The third-order valence-electron chi connectivity index (χ3n) is 3.50. The number of hydrogen-bond donors (Lipinski definition) is 1. The molecule has 3 nitrogen and oxygen atoms in total. The van der Waals surface area contributed by atoms with Crippen LogP contribution in [-0.2, 0) is 0 Å². The summed E-state index contributed by atoms with van der Waals surface area (Å²) in [6, 6.07) is 2.52. The predicted molar refractivity (Wildman–Crippen MR) is 72.7 cm³/mol. The summed E-state index contributed by atoms with van der Waals surface area (Å²) in [7, 11) is 0. The molecule has 1 aromatic rings. The minimum atomic E-state index is 0.526. The number of aryl methyl sites for hydroxylation is 1. The van der Waals surface area contributed by atoms with Gasteiger partial charge in [0.2, 0.25) is 0 Å². The van der Waals surface area contributed by atoms with E-state index in [1.54, 1.807) is 6.20 Å². The number of rotatable bonds is 3. The van der Waals surface area contributed by atoms with Gasteiger partial charge in [-0.2, -0.15) is 0 Å². The number of nitrogens with zero attached hydrogens (tertiary/aromatic N) is 2. The van der Waals surface area contributed by atoms with Gasteiger partial charge < -0.3 is 10.2 Å². The van der Waals surface area contributed by atoms with Gasteiger partial charge in [0, 0.05) is 25.3 Å². The van der Waals surface area contributed by atoms with Crippen molar-refractivity contribution in [3.63, 3.8) is 0 Å². The first-order chi connectivity index (χ1) is 8.20. The van der Waals surface area contributed by atoms with Crippen LogP contribution < -0.4 is 5.32 Å². The number of halogens is 1. The topological polar surface area (TPSA) is 28.2 Å². The second-order valence-electron chi connectivity index (χ2n) is 4.65. The van der Waals surface area contributed by atoms with Crippen molar-refractivity contribution in [2.45, 2.75) is 32.7 Å². The van der Waals surface area contributed by atoms with Crippen LogP contribution in [-0.4, -0.2) is 35.6 Å². The van der Waals surface area contributed by atoms with Crippen molar-refractivity contribution in [2.24, 2.45) is 0 Å². The summed E-state index contributed by atoms with van der Waals surface area (Å²) < 4.78 is 0. The van der Waals surface area contributed by atoms with Gasteiger partial charge in [-0.1, -0.05) is 18.5 Å². The molecule has 4 heteroatoms. The molecule has 0 saturated carbocycles. The van der Waals surface area contributed by atoms with Gasteiger partial charge in [0.15, 0.2) is 5.15 Å². The molecule has 1 aromatic heterocycles. The summed E-state index contributed by atoms with van der Waals surface area (Å²) in [5, 5.41) is 4.13.